The van der Waals surface area contributed by atoms with Crippen molar-refractivity contribution in [2.24, 2.45) is 15.2 Å². The number of benzene rings is 1. The molecule has 1 atom stereocenters. The van der Waals surface area contributed by atoms with E-state index in [0.717, 1.165) is 17.3 Å². The van der Waals surface area contributed by atoms with Crippen LogP contribution >= 0.6 is 11.8 Å². The SMILES string of the molecule is Cc1ccc(NC(=O)CSC2=NC(=O)C(CCC(=O)O)N=N2)cc1. The lowest BCUT2D eigenvalue weighted by molar-refractivity contribution is -0.137. The van der Waals surface area contributed by atoms with Gasteiger partial charge in [-0.25, -0.2) is 0 Å². The first-order chi connectivity index (χ1) is 11.4. The first-order valence-electron chi connectivity index (χ1n) is 7.18. The van der Waals surface area contributed by atoms with Crippen molar-refractivity contribution in [2.45, 2.75) is 25.8 Å². The van der Waals surface area contributed by atoms with Crippen LogP contribution in [0.1, 0.15) is 18.4 Å². The topological polar surface area (TPSA) is 121 Å². The summed E-state index contributed by atoms with van der Waals surface area (Å²) in [6.07, 6.45) is -0.112. The van der Waals surface area contributed by atoms with Crippen molar-refractivity contribution < 1.29 is 19.5 Å². The second kappa shape index (κ2) is 8.34. The normalized spacial score (nSPS) is 16.6. The number of rotatable bonds is 6. The van der Waals surface area contributed by atoms with Crippen molar-refractivity contribution in [3.8, 4) is 0 Å². The number of carbonyl (C=O) groups is 3. The minimum atomic E-state index is -1.00. The molecule has 0 radical (unpaired) electrons. The molecule has 1 aliphatic rings. The molecule has 2 N–H and O–H groups in total. The largest absolute Gasteiger partial charge is 0.481 e. The van der Waals surface area contributed by atoms with Gasteiger partial charge in [-0.2, -0.15) is 10.1 Å². The zero-order valence-corrected chi connectivity index (χ0v) is 13.7. The first kappa shape index (κ1) is 17.8. The molecule has 0 aromatic heterocycles. The van der Waals surface area contributed by atoms with Crippen LogP contribution < -0.4 is 5.32 Å². The molecule has 1 aromatic carbocycles. The number of aryl methyl sites for hydroxylation is 1. The first-order valence-corrected chi connectivity index (χ1v) is 8.17. The van der Waals surface area contributed by atoms with Gasteiger partial charge < -0.3 is 10.4 Å². The average molecular weight is 348 g/mol. The van der Waals surface area contributed by atoms with Gasteiger partial charge in [0, 0.05) is 12.1 Å². The second-order valence-corrected chi connectivity index (χ2v) is 6.04. The second-order valence-electron chi connectivity index (χ2n) is 5.10. The molecule has 0 saturated carbocycles. The maximum absolute atomic E-state index is 11.9. The van der Waals surface area contributed by atoms with Gasteiger partial charge in [-0.3, -0.25) is 14.4 Å². The van der Waals surface area contributed by atoms with Crippen LogP contribution in [-0.4, -0.2) is 39.9 Å². The van der Waals surface area contributed by atoms with Crippen LogP contribution in [0, 0.1) is 6.92 Å². The van der Waals surface area contributed by atoms with Crippen LogP contribution in [-0.2, 0) is 14.4 Å². The maximum Gasteiger partial charge on any atom is 0.303 e. The van der Waals surface area contributed by atoms with Gasteiger partial charge in [0.1, 0.15) is 0 Å². The van der Waals surface area contributed by atoms with E-state index in [1.54, 1.807) is 12.1 Å². The lowest BCUT2D eigenvalue weighted by Gasteiger charge is -2.11. The number of anilines is 1. The molecular formula is C15H16N4O4S. The van der Waals surface area contributed by atoms with Crippen LogP contribution in [0.2, 0.25) is 0 Å². The Morgan fingerprint density at radius 1 is 1.29 bits per heavy atom. The number of nitrogens with one attached hydrogen (secondary N) is 1. The Balaban J connectivity index is 1.80. The van der Waals surface area contributed by atoms with Crippen molar-refractivity contribution in [1.82, 2.24) is 0 Å². The van der Waals surface area contributed by atoms with E-state index < -0.39 is 17.9 Å². The molecule has 1 heterocycles. The van der Waals surface area contributed by atoms with Crippen LogP contribution in [0.15, 0.2) is 39.5 Å². The van der Waals surface area contributed by atoms with Crippen molar-refractivity contribution in [2.75, 3.05) is 11.1 Å². The number of carboxylic acids is 1. The fourth-order valence-corrected chi connectivity index (χ4v) is 2.42. The third-order valence-electron chi connectivity index (χ3n) is 3.07. The van der Waals surface area contributed by atoms with Gasteiger partial charge in [-0.15, -0.1) is 5.11 Å². The Morgan fingerprint density at radius 3 is 2.62 bits per heavy atom. The van der Waals surface area contributed by atoms with Gasteiger partial charge in [-0.1, -0.05) is 29.5 Å². The lowest BCUT2D eigenvalue weighted by atomic mass is 10.1. The van der Waals surface area contributed by atoms with Gasteiger partial charge in [0.2, 0.25) is 11.1 Å². The minimum absolute atomic E-state index is 0.0405. The molecule has 126 valence electrons. The molecule has 0 aliphatic carbocycles. The highest BCUT2D eigenvalue weighted by Gasteiger charge is 2.23. The zero-order valence-electron chi connectivity index (χ0n) is 12.9. The number of hydrogen-bond acceptors (Lipinski definition) is 6. The lowest BCUT2D eigenvalue weighted by Crippen LogP contribution is -2.22. The maximum atomic E-state index is 11.9. The van der Waals surface area contributed by atoms with Crippen LogP contribution in [0.3, 0.4) is 0 Å². The quantitative estimate of drug-likeness (QED) is 0.817. The van der Waals surface area contributed by atoms with E-state index in [-0.39, 0.29) is 29.7 Å². The molecule has 0 spiro atoms. The Labute approximate surface area is 142 Å². The molecule has 24 heavy (non-hydrogen) atoms. The van der Waals surface area contributed by atoms with E-state index >= 15 is 0 Å². The summed E-state index contributed by atoms with van der Waals surface area (Å²) in [5.74, 6) is -1.75. The standard InChI is InChI=1S/C15H16N4O4S/c1-9-2-4-10(5-3-9)16-12(20)8-24-15-17-14(23)11(18-19-15)6-7-13(21)22/h2-5,11H,6-8H2,1H3,(H,16,20)(H,21,22). The van der Waals surface area contributed by atoms with Gasteiger partial charge >= 0.3 is 5.97 Å². The van der Waals surface area contributed by atoms with Gasteiger partial charge in [0.05, 0.1) is 5.75 Å². The van der Waals surface area contributed by atoms with E-state index in [2.05, 4.69) is 20.5 Å². The van der Waals surface area contributed by atoms with E-state index in [1.807, 2.05) is 19.1 Å². The Bertz CT molecular complexity index is 700. The summed E-state index contributed by atoms with van der Waals surface area (Å²) in [6.45, 7) is 1.95. The number of hydrogen-bond donors (Lipinski definition) is 2. The van der Waals surface area contributed by atoms with E-state index in [9.17, 15) is 14.4 Å². The molecule has 0 bridgehead atoms. The molecule has 2 amide bonds. The van der Waals surface area contributed by atoms with Crippen LogP contribution in [0.25, 0.3) is 0 Å². The number of aliphatic imine (C=N–C) groups is 1. The van der Waals surface area contributed by atoms with Gasteiger partial charge in [-0.05, 0) is 25.5 Å². The van der Waals surface area contributed by atoms with Crippen molar-refractivity contribution in [1.29, 1.82) is 0 Å². The third-order valence-corrected chi connectivity index (χ3v) is 3.91. The summed E-state index contributed by atoms with van der Waals surface area (Å²) >= 11 is 0.998. The monoisotopic (exact) mass is 348 g/mol. The Morgan fingerprint density at radius 2 is 2.00 bits per heavy atom. The molecule has 0 saturated heterocycles. The molecule has 1 aliphatic heterocycles. The molecular weight excluding hydrogens is 332 g/mol. The Kier molecular flexibility index (Phi) is 6.19. The number of carbonyl (C=O) groups excluding carboxylic acids is 2. The molecule has 0 fully saturated rings. The fraction of sp³-hybridized carbons (Fsp3) is 0.333. The predicted molar refractivity (Wildman–Crippen MR) is 90.2 cm³/mol. The summed E-state index contributed by atoms with van der Waals surface area (Å²) in [5, 5.41) is 19.0. The predicted octanol–water partition coefficient (Wildman–Crippen LogP) is 2.25. The number of amides is 2. The number of amidine groups is 1. The van der Waals surface area contributed by atoms with Crippen LogP contribution in [0.5, 0.6) is 0 Å². The Hall–Kier alpha value is -2.55. The fourth-order valence-electron chi connectivity index (χ4n) is 1.83. The molecule has 2 rings (SSSR count). The third kappa shape index (κ3) is 5.58. The number of nitrogens with zero attached hydrogens (tertiary/aromatic N) is 3. The zero-order chi connectivity index (χ0) is 17.5. The van der Waals surface area contributed by atoms with E-state index in [1.165, 1.54) is 0 Å². The number of thioether (sulfide) groups is 1. The highest BCUT2D eigenvalue weighted by Crippen LogP contribution is 2.17. The highest BCUT2D eigenvalue weighted by atomic mass is 32.2. The molecule has 8 nitrogen and oxygen atoms in total. The molecule has 9 heteroatoms. The number of azo groups is 1. The summed E-state index contributed by atoms with van der Waals surface area (Å²) in [7, 11) is 0. The van der Waals surface area contributed by atoms with Crippen molar-refractivity contribution in [3.63, 3.8) is 0 Å². The molecule has 1 aromatic rings. The van der Waals surface area contributed by atoms with Crippen molar-refractivity contribution in [3.05, 3.63) is 29.8 Å². The molecule has 1 unspecified atom stereocenters. The van der Waals surface area contributed by atoms with Gasteiger partial charge in [0.25, 0.3) is 5.91 Å². The summed E-state index contributed by atoms with van der Waals surface area (Å²) in [5.41, 5.74) is 1.78. The van der Waals surface area contributed by atoms with Gasteiger partial charge in [0.15, 0.2) is 6.04 Å². The van der Waals surface area contributed by atoms with Crippen LogP contribution in [0.4, 0.5) is 5.69 Å². The van der Waals surface area contributed by atoms with Crippen molar-refractivity contribution >= 4 is 40.4 Å². The highest BCUT2D eigenvalue weighted by molar-refractivity contribution is 8.14. The summed E-state index contributed by atoms with van der Waals surface area (Å²) in [6, 6.07) is 6.52. The number of carboxylic acid groups (broad SMARTS) is 1. The summed E-state index contributed by atoms with van der Waals surface area (Å²) < 4.78 is 0. The number of aliphatic carboxylic acids is 1. The summed E-state index contributed by atoms with van der Waals surface area (Å²) in [4.78, 5) is 37.8. The average Bonchev–Trinajstić information content (AvgIpc) is 2.54. The minimum Gasteiger partial charge on any atom is -0.481 e. The smallest absolute Gasteiger partial charge is 0.303 e. The van der Waals surface area contributed by atoms with E-state index in [4.69, 9.17) is 5.11 Å². The van der Waals surface area contributed by atoms with E-state index in [0.29, 0.717) is 5.69 Å².